The molecule has 1 N–H and O–H groups in total. The largest absolute Gasteiger partial charge is 0.424 e. The van der Waals surface area contributed by atoms with Crippen molar-refractivity contribution in [2.24, 2.45) is 0 Å². The Kier molecular flexibility index (Phi) is 5.30. The van der Waals surface area contributed by atoms with Gasteiger partial charge in [0, 0.05) is 51.4 Å². The van der Waals surface area contributed by atoms with Crippen LogP contribution in [0.4, 0.5) is 5.88 Å². The topological polar surface area (TPSA) is 105 Å². The van der Waals surface area contributed by atoms with Crippen LogP contribution in [0.15, 0.2) is 16.8 Å². The zero-order valence-electron chi connectivity index (χ0n) is 16.1. The number of anilines is 1. The van der Waals surface area contributed by atoms with Gasteiger partial charge in [-0.3, -0.25) is 9.69 Å². The van der Waals surface area contributed by atoms with E-state index in [1.165, 1.54) is 0 Å². The summed E-state index contributed by atoms with van der Waals surface area (Å²) in [7, 11) is 0. The predicted octanol–water partition coefficient (Wildman–Crippen LogP) is 1.11. The van der Waals surface area contributed by atoms with Crippen LogP contribution in [0.3, 0.4) is 0 Å². The van der Waals surface area contributed by atoms with E-state index >= 15 is 0 Å². The lowest BCUT2D eigenvalue weighted by Gasteiger charge is -2.36. The first-order valence-electron chi connectivity index (χ1n) is 9.76. The van der Waals surface area contributed by atoms with E-state index < -0.39 is 0 Å². The predicted molar refractivity (Wildman–Crippen MR) is 102 cm³/mol. The molecule has 0 spiro atoms. The van der Waals surface area contributed by atoms with Crippen LogP contribution in [-0.2, 0) is 4.79 Å². The van der Waals surface area contributed by atoms with Gasteiger partial charge >= 0.3 is 0 Å². The Morgan fingerprint density at radius 3 is 2.68 bits per heavy atom. The molecule has 0 aromatic carbocycles. The number of rotatable bonds is 4. The molecule has 9 heteroatoms. The summed E-state index contributed by atoms with van der Waals surface area (Å²) in [6, 6.07) is 2.08. The minimum Gasteiger partial charge on any atom is -0.424 e. The van der Waals surface area contributed by atoms with Crippen LogP contribution in [0.1, 0.15) is 36.2 Å². The second-order valence-electron chi connectivity index (χ2n) is 7.39. The average Bonchev–Trinajstić information content (AvgIpc) is 3.38. The minimum absolute atomic E-state index is 0.172. The molecule has 28 heavy (non-hydrogen) atoms. The number of aromatic nitrogens is 3. The van der Waals surface area contributed by atoms with Gasteiger partial charge in [-0.05, 0) is 25.9 Å². The first-order valence-corrected chi connectivity index (χ1v) is 9.76. The van der Waals surface area contributed by atoms with Crippen molar-refractivity contribution in [2.45, 2.75) is 25.7 Å². The quantitative estimate of drug-likeness (QED) is 0.843. The van der Waals surface area contributed by atoms with E-state index in [1.54, 1.807) is 13.1 Å². The molecule has 148 valence electrons. The first-order chi connectivity index (χ1) is 13.6. The number of amides is 1. The molecular formula is C19H25N7O2. The van der Waals surface area contributed by atoms with Crippen molar-refractivity contribution in [3.8, 4) is 6.07 Å². The molecule has 0 radical (unpaired) electrons. The molecule has 4 heterocycles. The van der Waals surface area contributed by atoms with E-state index in [1.807, 2.05) is 16.0 Å². The number of piperazine rings is 1. The lowest BCUT2D eigenvalue weighted by Crippen LogP contribution is -2.52. The van der Waals surface area contributed by atoms with Crippen LogP contribution in [-0.4, -0.2) is 76.5 Å². The van der Waals surface area contributed by atoms with Gasteiger partial charge < -0.3 is 19.2 Å². The fourth-order valence-corrected chi connectivity index (χ4v) is 4.02. The van der Waals surface area contributed by atoms with Gasteiger partial charge in [0.25, 0.3) is 0 Å². The molecule has 0 saturated carbocycles. The average molecular weight is 383 g/mol. The summed E-state index contributed by atoms with van der Waals surface area (Å²) in [6.45, 7) is 6.60. The first kappa shape index (κ1) is 18.5. The summed E-state index contributed by atoms with van der Waals surface area (Å²) in [5.74, 6) is 2.70. The third-order valence-electron chi connectivity index (χ3n) is 5.59. The van der Waals surface area contributed by atoms with Gasteiger partial charge in [0.15, 0.2) is 5.89 Å². The Bertz CT molecular complexity index is 838. The number of likely N-dealkylation sites (tertiary alicyclic amines) is 1. The molecule has 0 bridgehead atoms. The third kappa shape index (κ3) is 3.87. The van der Waals surface area contributed by atoms with Crippen LogP contribution in [0.2, 0.25) is 0 Å². The highest BCUT2D eigenvalue weighted by Gasteiger charge is 2.28. The highest BCUT2D eigenvalue weighted by atomic mass is 16.4. The van der Waals surface area contributed by atoms with Crippen LogP contribution in [0, 0.1) is 18.3 Å². The van der Waals surface area contributed by atoms with E-state index in [4.69, 9.17) is 4.42 Å². The lowest BCUT2D eigenvalue weighted by molar-refractivity contribution is -0.133. The molecule has 4 rings (SSSR count). The molecule has 0 atom stereocenters. The van der Waals surface area contributed by atoms with Crippen molar-refractivity contribution in [1.82, 2.24) is 24.8 Å². The molecule has 9 nitrogen and oxygen atoms in total. The number of hydrogen-bond donors (Lipinski definition) is 1. The van der Waals surface area contributed by atoms with Crippen molar-refractivity contribution in [1.29, 1.82) is 5.26 Å². The van der Waals surface area contributed by atoms with Gasteiger partial charge in [0.1, 0.15) is 11.9 Å². The standard InChI is InChI=1S/C19H25N7O2/c1-14-23-16(12-20)19(28-14)26-10-8-25(9-11-26)17(27)13-24-6-2-15(3-7-24)18-21-4-5-22-18/h4-5,15H,2-3,6-11,13H2,1H3,(H,21,22). The number of nitrogens with one attached hydrogen (secondary N) is 1. The van der Waals surface area contributed by atoms with Crippen LogP contribution >= 0.6 is 0 Å². The Hall–Kier alpha value is -2.86. The van der Waals surface area contributed by atoms with Gasteiger partial charge in [-0.25, -0.2) is 9.97 Å². The molecule has 0 unspecified atom stereocenters. The van der Waals surface area contributed by atoms with E-state index in [0.717, 1.165) is 31.8 Å². The smallest absolute Gasteiger partial charge is 0.236 e. The monoisotopic (exact) mass is 383 g/mol. The molecule has 2 aromatic rings. The lowest BCUT2D eigenvalue weighted by atomic mass is 9.96. The van der Waals surface area contributed by atoms with E-state index in [9.17, 15) is 10.1 Å². The number of nitrogens with zero attached hydrogens (tertiary/aromatic N) is 6. The number of aryl methyl sites for hydroxylation is 1. The zero-order valence-corrected chi connectivity index (χ0v) is 16.1. The Morgan fingerprint density at radius 1 is 1.29 bits per heavy atom. The Morgan fingerprint density at radius 2 is 2.04 bits per heavy atom. The molecule has 2 aromatic heterocycles. The van der Waals surface area contributed by atoms with Crippen LogP contribution in [0.5, 0.6) is 0 Å². The van der Waals surface area contributed by atoms with Crippen LogP contribution < -0.4 is 4.90 Å². The number of hydrogen-bond acceptors (Lipinski definition) is 7. The summed E-state index contributed by atoms with van der Waals surface area (Å²) in [5, 5.41) is 9.19. The number of piperidine rings is 1. The Balaban J connectivity index is 1.25. The summed E-state index contributed by atoms with van der Waals surface area (Å²) >= 11 is 0. The molecule has 2 aliphatic heterocycles. The number of imidazole rings is 1. The van der Waals surface area contributed by atoms with Gasteiger partial charge in [-0.2, -0.15) is 5.26 Å². The summed E-state index contributed by atoms with van der Waals surface area (Å²) in [6.07, 6.45) is 5.71. The number of carbonyl (C=O) groups excluding carboxylic acids is 1. The number of H-pyrrole nitrogens is 1. The second-order valence-corrected chi connectivity index (χ2v) is 7.39. The van der Waals surface area contributed by atoms with Crippen molar-refractivity contribution < 1.29 is 9.21 Å². The number of aromatic amines is 1. The van der Waals surface area contributed by atoms with E-state index in [-0.39, 0.29) is 5.91 Å². The summed E-state index contributed by atoms with van der Waals surface area (Å²) in [4.78, 5) is 30.5. The summed E-state index contributed by atoms with van der Waals surface area (Å²) in [5.41, 5.74) is 0.316. The maximum Gasteiger partial charge on any atom is 0.236 e. The normalized spacial score (nSPS) is 19.0. The summed E-state index contributed by atoms with van der Waals surface area (Å²) < 4.78 is 5.58. The molecule has 0 aliphatic carbocycles. The van der Waals surface area contributed by atoms with E-state index in [0.29, 0.717) is 56.1 Å². The maximum atomic E-state index is 12.7. The molecule has 1 amide bonds. The van der Waals surface area contributed by atoms with Crippen molar-refractivity contribution in [3.63, 3.8) is 0 Å². The maximum absolute atomic E-state index is 12.7. The van der Waals surface area contributed by atoms with Crippen LogP contribution in [0.25, 0.3) is 0 Å². The van der Waals surface area contributed by atoms with Gasteiger partial charge in [-0.1, -0.05) is 0 Å². The SMILES string of the molecule is Cc1nc(C#N)c(N2CCN(C(=O)CN3CCC(c4ncc[nH]4)CC3)CC2)o1. The number of oxazole rings is 1. The highest BCUT2D eigenvalue weighted by Crippen LogP contribution is 2.25. The number of carbonyl (C=O) groups is 1. The number of nitriles is 1. The van der Waals surface area contributed by atoms with E-state index in [2.05, 4.69) is 25.9 Å². The second kappa shape index (κ2) is 8.02. The molecule has 2 saturated heterocycles. The van der Waals surface area contributed by atoms with Crippen molar-refractivity contribution >= 4 is 11.8 Å². The molecule has 2 fully saturated rings. The van der Waals surface area contributed by atoms with Gasteiger partial charge in [0.2, 0.25) is 17.5 Å². The van der Waals surface area contributed by atoms with Crippen molar-refractivity contribution in [2.75, 3.05) is 50.7 Å². The zero-order chi connectivity index (χ0) is 19.5. The van der Waals surface area contributed by atoms with Gasteiger partial charge in [-0.15, -0.1) is 0 Å². The third-order valence-corrected chi connectivity index (χ3v) is 5.59. The Labute approximate surface area is 163 Å². The fraction of sp³-hybridized carbons (Fsp3) is 0.579. The fourth-order valence-electron chi connectivity index (χ4n) is 4.02. The highest BCUT2D eigenvalue weighted by molar-refractivity contribution is 5.78. The minimum atomic E-state index is 0.172. The molecule has 2 aliphatic rings. The van der Waals surface area contributed by atoms with Gasteiger partial charge in [0.05, 0.1) is 6.54 Å². The van der Waals surface area contributed by atoms with Crippen molar-refractivity contribution in [3.05, 3.63) is 29.8 Å². The molecular weight excluding hydrogens is 358 g/mol.